The zero-order chi connectivity index (χ0) is 14.9. The fourth-order valence-electron chi connectivity index (χ4n) is 1.94. The number of carboxylic acid groups (broad SMARTS) is 1. The molecular weight excluding hydrogens is 280 g/mol. The van der Waals surface area contributed by atoms with E-state index in [0.717, 1.165) is 5.56 Å². The minimum absolute atomic E-state index is 0.0498. The summed E-state index contributed by atoms with van der Waals surface area (Å²) in [6.07, 6.45) is 2.81. The van der Waals surface area contributed by atoms with Crippen molar-refractivity contribution in [1.82, 2.24) is 4.98 Å². The van der Waals surface area contributed by atoms with Crippen LogP contribution in [-0.2, 0) is 10.0 Å². The van der Waals surface area contributed by atoms with Gasteiger partial charge >= 0.3 is 5.97 Å². The molecule has 1 aromatic carbocycles. The van der Waals surface area contributed by atoms with Crippen LogP contribution in [0.5, 0.6) is 0 Å². The Morgan fingerprint density at radius 1 is 1.30 bits per heavy atom. The van der Waals surface area contributed by atoms with E-state index in [1.165, 1.54) is 24.5 Å². The number of benzene rings is 1. The molecule has 0 amide bonds. The first-order chi connectivity index (χ1) is 9.31. The maximum absolute atomic E-state index is 12.2. The molecule has 0 aliphatic carbocycles. The third-order valence-electron chi connectivity index (χ3n) is 2.83. The van der Waals surface area contributed by atoms with Crippen LogP contribution in [0.3, 0.4) is 0 Å². The molecule has 0 saturated heterocycles. The lowest BCUT2D eigenvalue weighted by Gasteiger charge is -2.13. The number of H-pyrrole nitrogens is 1. The zero-order valence-corrected chi connectivity index (χ0v) is 11.8. The van der Waals surface area contributed by atoms with Crippen LogP contribution in [-0.4, -0.2) is 24.5 Å². The van der Waals surface area contributed by atoms with Crippen LogP contribution in [0.4, 0.5) is 5.69 Å². The monoisotopic (exact) mass is 294 g/mol. The topological polar surface area (TPSA) is 99.3 Å². The molecule has 0 aliphatic heterocycles. The highest BCUT2D eigenvalue weighted by molar-refractivity contribution is 7.92. The summed E-state index contributed by atoms with van der Waals surface area (Å²) in [4.78, 5) is 14.0. The summed E-state index contributed by atoms with van der Waals surface area (Å²) in [5.74, 6) is -1.18. The number of carboxylic acids is 1. The first-order valence-corrected chi connectivity index (χ1v) is 7.30. The van der Waals surface area contributed by atoms with E-state index < -0.39 is 16.0 Å². The number of rotatable bonds is 4. The number of carbonyl (C=O) groups is 1. The molecule has 0 atom stereocenters. The Morgan fingerprint density at radius 2 is 2.00 bits per heavy atom. The molecule has 0 radical (unpaired) electrons. The Kier molecular flexibility index (Phi) is 3.54. The highest BCUT2D eigenvalue weighted by Crippen LogP contribution is 2.25. The van der Waals surface area contributed by atoms with Crippen molar-refractivity contribution in [2.24, 2.45) is 0 Å². The second-order valence-corrected chi connectivity index (χ2v) is 6.14. The number of aromatic carboxylic acids is 1. The minimum Gasteiger partial charge on any atom is -0.478 e. The van der Waals surface area contributed by atoms with Crippen molar-refractivity contribution in [3.63, 3.8) is 0 Å². The van der Waals surface area contributed by atoms with Gasteiger partial charge in [0.05, 0.1) is 11.3 Å². The smallest absolute Gasteiger partial charge is 0.337 e. The van der Waals surface area contributed by atoms with Gasteiger partial charge in [0.1, 0.15) is 4.90 Å². The lowest BCUT2D eigenvalue weighted by Crippen LogP contribution is -2.16. The Hall–Kier alpha value is -2.28. The van der Waals surface area contributed by atoms with E-state index in [1.54, 1.807) is 19.9 Å². The lowest BCUT2D eigenvalue weighted by molar-refractivity contribution is 0.0698. The molecule has 0 fully saturated rings. The largest absolute Gasteiger partial charge is 0.478 e. The summed E-state index contributed by atoms with van der Waals surface area (Å²) in [5, 5.41) is 9.20. The van der Waals surface area contributed by atoms with Gasteiger partial charge in [0.25, 0.3) is 10.0 Å². The van der Waals surface area contributed by atoms with Crippen molar-refractivity contribution in [2.75, 3.05) is 4.72 Å². The van der Waals surface area contributed by atoms with E-state index in [4.69, 9.17) is 0 Å². The minimum atomic E-state index is -3.81. The van der Waals surface area contributed by atoms with Gasteiger partial charge in [-0.05, 0) is 37.1 Å². The predicted molar refractivity (Wildman–Crippen MR) is 74.5 cm³/mol. The van der Waals surface area contributed by atoms with E-state index in [9.17, 15) is 18.3 Å². The van der Waals surface area contributed by atoms with Gasteiger partial charge in [0, 0.05) is 12.4 Å². The van der Waals surface area contributed by atoms with Crippen LogP contribution in [0.1, 0.15) is 21.5 Å². The quantitative estimate of drug-likeness (QED) is 0.804. The van der Waals surface area contributed by atoms with Gasteiger partial charge in [0.15, 0.2) is 0 Å². The molecule has 6 nitrogen and oxygen atoms in total. The number of aromatic nitrogens is 1. The average Bonchev–Trinajstić information content (AvgIpc) is 2.86. The number of sulfonamides is 1. The van der Waals surface area contributed by atoms with Crippen molar-refractivity contribution < 1.29 is 18.3 Å². The first-order valence-electron chi connectivity index (χ1n) is 5.81. The molecule has 0 bridgehead atoms. The van der Waals surface area contributed by atoms with Gasteiger partial charge in [-0.15, -0.1) is 0 Å². The van der Waals surface area contributed by atoms with Crippen LogP contribution in [0, 0.1) is 13.8 Å². The van der Waals surface area contributed by atoms with Crippen LogP contribution in [0.25, 0.3) is 0 Å². The third-order valence-corrected chi connectivity index (χ3v) is 4.17. The zero-order valence-electron chi connectivity index (χ0n) is 11.0. The van der Waals surface area contributed by atoms with E-state index in [0.29, 0.717) is 5.56 Å². The number of hydrogen-bond acceptors (Lipinski definition) is 3. The van der Waals surface area contributed by atoms with E-state index in [-0.39, 0.29) is 16.1 Å². The fraction of sp³-hybridized carbons (Fsp3) is 0.154. The maximum atomic E-state index is 12.2. The number of anilines is 1. The number of aromatic amines is 1. The number of hydrogen-bond donors (Lipinski definition) is 3. The normalized spacial score (nSPS) is 11.3. The van der Waals surface area contributed by atoms with E-state index in [2.05, 4.69) is 9.71 Å². The summed E-state index contributed by atoms with van der Waals surface area (Å²) in [5.41, 5.74) is 1.33. The van der Waals surface area contributed by atoms with E-state index >= 15 is 0 Å². The van der Waals surface area contributed by atoms with Gasteiger partial charge in [-0.3, -0.25) is 4.72 Å². The Labute approximate surface area is 116 Å². The van der Waals surface area contributed by atoms with Crippen LogP contribution in [0.2, 0.25) is 0 Å². The van der Waals surface area contributed by atoms with Gasteiger partial charge in [-0.25, -0.2) is 13.2 Å². The van der Waals surface area contributed by atoms with Crippen LogP contribution < -0.4 is 4.72 Å². The summed E-state index contributed by atoms with van der Waals surface area (Å²) < 4.78 is 26.6. The Morgan fingerprint density at radius 3 is 2.55 bits per heavy atom. The molecule has 0 aliphatic rings. The molecule has 2 rings (SSSR count). The second-order valence-electron chi connectivity index (χ2n) is 4.46. The molecule has 1 heterocycles. The molecule has 7 heteroatoms. The molecular formula is C13H14N2O4S. The SMILES string of the molecule is Cc1cc(C)c(NS(=O)(=O)c2cc[nH]c2)c(C(=O)O)c1. The maximum Gasteiger partial charge on any atom is 0.337 e. The fourth-order valence-corrected chi connectivity index (χ4v) is 3.07. The standard InChI is InChI=1S/C13H14N2O4S/c1-8-5-9(2)12(11(6-8)13(16)17)15-20(18,19)10-3-4-14-7-10/h3-7,14-15H,1-2H3,(H,16,17). The Balaban J connectivity index is 2.52. The summed E-state index contributed by atoms with van der Waals surface area (Å²) in [6, 6.07) is 4.55. The highest BCUT2D eigenvalue weighted by Gasteiger charge is 2.20. The second kappa shape index (κ2) is 5.01. The number of nitrogens with one attached hydrogen (secondary N) is 2. The third kappa shape index (κ3) is 2.67. The van der Waals surface area contributed by atoms with Gasteiger partial charge < -0.3 is 10.1 Å². The predicted octanol–water partition coefficient (Wildman–Crippen LogP) is 2.13. The van der Waals surface area contributed by atoms with E-state index in [1.807, 2.05) is 0 Å². The average molecular weight is 294 g/mol. The van der Waals surface area contributed by atoms with Crippen molar-refractivity contribution >= 4 is 21.7 Å². The molecule has 0 unspecified atom stereocenters. The van der Waals surface area contributed by atoms with Crippen molar-refractivity contribution in [3.8, 4) is 0 Å². The van der Waals surface area contributed by atoms with Crippen molar-refractivity contribution in [3.05, 3.63) is 47.3 Å². The lowest BCUT2D eigenvalue weighted by atomic mass is 10.0. The summed E-state index contributed by atoms with van der Waals surface area (Å²) >= 11 is 0. The molecule has 3 N–H and O–H groups in total. The van der Waals surface area contributed by atoms with Crippen LogP contribution >= 0.6 is 0 Å². The summed E-state index contributed by atoms with van der Waals surface area (Å²) in [6.45, 7) is 3.41. The first kappa shape index (κ1) is 14.1. The molecule has 2 aromatic rings. The molecule has 106 valence electrons. The Bertz CT molecular complexity index is 749. The van der Waals surface area contributed by atoms with Crippen molar-refractivity contribution in [1.29, 1.82) is 0 Å². The van der Waals surface area contributed by atoms with Gasteiger partial charge in [-0.2, -0.15) is 0 Å². The highest BCUT2D eigenvalue weighted by atomic mass is 32.2. The molecule has 0 spiro atoms. The molecule has 0 saturated carbocycles. The van der Waals surface area contributed by atoms with Gasteiger partial charge in [0.2, 0.25) is 0 Å². The number of aryl methyl sites for hydroxylation is 2. The van der Waals surface area contributed by atoms with Crippen LogP contribution in [0.15, 0.2) is 35.5 Å². The molecule has 1 aromatic heterocycles. The van der Waals surface area contributed by atoms with Gasteiger partial charge in [-0.1, -0.05) is 6.07 Å². The summed E-state index contributed by atoms with van der Waals surface area (Å²) in [7, 11) is -3.81. The van der Waals surface area contributed by atoms with Crippen molar-refractivity contribution in [2.45, 2.75) is 18.7 Å². The molecule has 20 heavy (non-hydrogen) atoms.